The highest BCUT2D eigenvalue weighted by Crippen LogP contribution is 2.29. The van der Waals surface area contributed by atoms with Crippen molar-refractivity contribution in [3.05, 3.63) is 103 Å². The molecule has 0 saturated heterocycles. The van der Waals surface area contributed by atoms with Crippen molar-refractivity contribution < 1.29 is 4.79 Å². The zero-order valence-electron chi connectivity index (χ0n) is 17.5. The molecule has 5 rings (SSSR count). The Kier molecular flexibility index (Phi) is 6.16. The maximum Gasteiger partial charge on any atom is 0.235 e. The smallest absolute Gasteiger partial charge is 0.235 e. The molecule has 0 fully saturated rings. The van der Waals surface area contributed by atoms with Gasteiger partial charge in [-0.25, -0.2) is 9.67 Å². The molecule has 2 aromatic carbocycles. The average Bonchev–Trinajstić information content (AvgIpc) is 3.60. The highest BCUT2D eigenvalue weighted by atomic mass is 32.1. The Bertz CT molecular complexity index is 1480. The molecular weight excluding hydrogens is 470 g/mol. The van der Waals surface area contributed by atoms with Gasteiger partial charge in [-0.1, -0.05) is 65.9 Å². The second kappa shape index (κ2) is 9.53. The van der Waals surface area contributed by atoms with Gasteiger partial charge in [0, 0.05) is 10.4 Å². The number of rotatable bonds is 6. The van der Waals surface area contributed by atoms with Crippen molar-refractivity contribution in [1.82, 2.24) is 14.8 Å². The highest BCUT2D eigenvalue weighted by molar-refractivity contribution is 7.18. The third-order valence-corrected chi connectivity index (χ3v) is 7.56. The Labute approximate surface area is 201 Å². The minimum absolute atomic E-state index is 0.162. The second-order valence-electron chi connectivity index (χ2n) is 6.93. The Morgan fingerprint density at radius 1 is 0.970 bits per heavy atom. The van der Waals surface area contributed by atoms with E-state index in [1.807, 2.05) is 85.1 Å². The van der Waals surface area contributed by atoms with Crippen LogP contribution in [0.1, 0.15) is 25.3 Å². The summed E-state index contributed by atoms with van der Waals surface area (Å²) < 4.78 is 1.65. The first kappa shape index (κ1) is 21.3. The Hall–Kier alpha value is -3.53. The van der Waals surface area contributed by atoms with Crippen molar-refractivity contribution in [1.29, 1.82) is 0 Å². The number of carbonyl (C=O) groups is 1. The number of aromatic nitrogens is 3. The standard InChI is InChI=1S/C24H17N5OS3/c1-16-21(32-22(26-16)17-9-4-2-5-10-17)20(30)23-28-29(18-11-6-3-7-12-18)24(33-23)27-25-15-19-13-8-14-31-19/h2-15H,1H3/b25-15+,27-24-. The number of thiazole rings is 1. The van der Waals surface area contributed by atoms with Gasteiger partial charge in [0.25, 0.3) is 0 Å². The molecule has 0 aliphatic carbocycles. The maximum atomic E-state index is 13.4. The van der Waals surface area contributed by atoms with Gasteiger partial charge in [-0.15, -0.1) is 27.8 Å². The largest absolute Gasteiger partial charge is 0.285 e. The van der Waals surface area contributed by atoms with E-state index in [9.17, 15) is 4.79 Å². The molecule has 33 heavy (non-hydrogen) atoms. The van der Waals surface area contributed by atoms with Crippen LogP contribution in [-0.2, 0) is 0 Å². The van der Waals surface area contributed by atoms with Crippen molar-refractivity contribution in [2.24, 2.45) is 10.2 Å². The number of thiophene rings is 1. The number of hydrogen-bond acceptors (Lipinski definition) is 8. The molecule has 0 spiro atoms. The lowest BCUT2D eigenvalue weighted by Crippen LogP contribution is -2.14. The van der Waals surface area contributed by atoms with Gasteiger partial charge in [0.2, 0.25) is 10.6 Å². The average molecular weight is 488 g/mol. The van der Waals surface area contributed by atoms with Crippen LogP contribution in [0.15, 0.2) is 88.4 Å². The third-order valence-electron chi connectivity index (χ3n) is 4.65. The Balaban J connectivity index is 1.54. The van der Waals surface area contributed by atoms with Crippen LogP contribution in [-0.4, -0.2) is 26.8 Å². The summed E-state index contributed by atoms with van der Waals surface area (Å²) in [5.41, 5.74) is 2.49. The summed E-state index contributed by atoms with van der Waals surface area (Å²) in [6.45, 7) is 1.85. The van der Waals surface area contributed by atoms with Crippen LogP contribution in [0.25, 0.3) is 16.3 Å². The van der Waals surface area contributed by atoms with E-state index in [2.05, 4.69) is 20.3 Å². The second-order valence-corrected chi connectivity index (χ2v) is 9.86. The van der Waals surface area contributed by atoms with E-state index >= 15 is 0 Å². The zero-order chi connectivity index (χ0) is 22.6. The molecule has 0 atom stereocenters. The number of hydrogen-bond donors (Lipinski definition) is 0. The van der Waals surface area contributed by atoms with E-state index in [0.717, 1.165) is 21.1 Å². The van der Waals surface area contributed by atoms with E-state index in [1.165, 1.54) is 22.7 Å². The summed E-state index contributed by atoms with van der Waals surface area (Å²) in [6.07, 6.45) is 1.70. The predicted molar refractivity (Wildman–Crippen MR) is 135 cm³/mol. The number of benzene rings is 2. The Morgan fingerprint density at radius 2 is 1.73 bits per heavy atom. The molecule has 0 bridgehead atoms. The summed E-state index contributed by atoms with van der Waals surface area (Å²) in [4.78, 5) is 20.1. The van der Waals surface area contributed by atoms with Crippen molar-refractivity contribution >= 4 is 46.0 Å². The van der Waals surface area contributed by atoms with Gasteiger partial charge < -0.3 is 0 Å². The lowest BCUT2D eigenvalue weighted by Gasteiger charge is -1.99. The summed E-state index contributed by atoms with van der Waals surface area (Å²) in [5.74, 6) is -0.162. The van der Waals surface area contributed by atoms with Gasteiger partial charge in [-0.05, 0) is 30.5 Å². The number of ketones is 1. The van der Waals surface area contributed by atoms with Crippen LogP contribution in [0.3, 0.4) is 0 Å². The lowest BCUT2D eigenvalue weighted by atomic mass is 10.2. The topological polar surface area (TPSA) is 72.5 Å². The summed E-state index contributed by atoms with van der Waals surface area (Å²) >= 11 is 4.17. The molecule has 5 aromatic rings. The first-order valence-corrected chi connectivity index (χ1v) is 12.5. The van der Waals surface area contributed by atoms with Gasteiger partial charge in [0.15, 0.2) is 5.01 Å². The fraction of sp³-hybridized carbons (Fsp3) is 0.0417. The third kappa shape index (κ3) is 4.65. The van der Waals surface area contributed by atoms with Crippen molar-refractivity contribution in [3.63, 3.8) is 0 Å². The summed E-state index contributed by atoms with van der Waals surface area (Å²) in [5, 5.41) is 16.3. The molecule has 0 aliphatic rings. The zero-order valence-corrected chi connectivity index (χ0v) is 19.9. The molecule has 3 heterocycles. The van der Waals surface area contributed by atoms with Crippen molar-refractivity contribution in [2.45, 2.75) is 6.92 Å². The van der Waals surface area contributed by atoms with E-state index < -0.39 is 0 Å². The summed E-state index contributed by atoms with van der Waals surface area (Å²) in [6, 6.07) is 23.4. The number of para-hydroxylation sites is 1. The fourth-order valence-corrected chi connectivity index (χ4v) is 5.55. The molecule has 0 radical (unpaired) electrons. The fourth-order valence-electron chi connectivity index (χ4n) is 3.08. The molecular formula is C24H17N5OS3. The minimum Gasteiger partial charge on any atom is -0.285 e. The van der Waals surface area contributed by atoms with Crippen LogP contribution in [0.2, 0.25) is 0 Å². The molecule has 0 saturated carbocycles. The van der Waals surface area contributed by atoms with Crippen LogP contribution in [0.4, 0.5) is 0 Å². The molecule has 0 unspecified atom stereocenters. The van der Waals surface area contributed by atoms with Gasteiger partial charge in [0.1, 0.15) is 9.88 Å². The maximum absolute atomic E-state index is 13.4. The molecule has 3 aromatic heterocycles. The normalized spacial score (nSPS) is 12.0. The van der Waals surface area contributed by atoms with Crippen molar-refractivity contribution in [3.8, 4) is 16.3 Å². The molecule has 9 heteroatoms. The molecule has 6 nitrogen and oxygen atoms in total. The Morgan fingerprint density at radius 3 is 2.45 bits per heavy atom. The first-order chi connectivity index (χ1) is 16.2. The predicted octanol–water partition coefficient (Wildman–Crippen LogP) is 5.59. The van der Waals surface area contributed by atoms with Crippen LogP contribution >= 0.6 is 34.0 Å². The molecule has 0 amide bonds. The van der Waals surface area contributed by atoms with E-state index in [0.29, 0.717) is 20.4 Å². The molecule has 0 N–H and O–H groups in total. The minimum atomic E-state index is -0.162. The van der Waals surface area contributed by atoms with Crippen molar-refractivity contribution in [2.75, 3.05) is 0 Å². The lowest BCUT2D eigenvalue weighted by molar-refractivity contribution is 0.104. The highest BCUT2D eigenvalue weighted by Gasteiger charge is 2.22. The number of nitrogens with zero attached hydrogens (tertiary/aromatic N) is 5. The quantitative estimate of drug-likeness (QED) is 0.178. The van der Waals surface area contributed by atoms with Crippen LogP contribution < -0.4 is 4.80 Å². The number of carbonyl (C=O) groups excluding carboxylic acids is 1. The van der Waals surface area contributed by atoms with Gasteiger partial charge in [-0.3, -0.25) is 4.79 Å². The van der Waals surface area contributed by atoms with E-state index in [4.69, 9.17) is 0 Å². The van der Waals surface area contributed by atoms with Crippen LogP contribution in [0, 0.1) is 6.92 Å². The monoisotopic (exact) mass is 487 g/mol. The van der Waals surface area contributed by atoms with Gasteiger partial charge in [-0.2, -0.15) is 10.2 Å². The first-order valence-electron chi connectivity index (χ1n) is 10.0. The molecule has 162 valence electrons. The van der Waals surface area contributed by atoms with Crippen LogP contribution in [0.5, 0.6) is 0 Å². The summed E-state index contributed by atoms with van der Waals surface area (Å²) in [7, 11) is 0. The van der Waals surface area contributed by atoms with E-state index in [-0.39, 0.29) is 5.78 Å². The van der Waals surface area contributed by atoms with E-state index in [1.54, 1.807) is 22.2 Å². The van der Waals surface area contributed by atoms with Gasteiger partial charge >= 0.3 is 0 Å². The number of aryl methyl sites for hydroxylation is 1. The van der Waals surface area contributed by atoms with Gasteiger partial charge in [0.05, 0.1) is 17.6 Å². The molecule has 0 aliphatic heterocycles. The SMILES string of the molecule is Cc1nc(-c2ccccc2)sc1C(=O)c1nn(-c2ccccc2)/c(=N/N=C/c2cccs2)s1.